The van der Waals surface area contributed by atoms with Gasteiger partial charge in [0.25, 0.3) is 0 Å². The number of carboxylic acids is 2. The smallest absolute Gasteiger partial charge is 0.331 e. The number of para-hydroxylation sites is 1. The number of aliphatic carboxylic acids is 2. The number of allylic oxidation sites excluding steroid dienone is 2. The Labute approximate surface area is 122 Å². The van der Waals surface area contributed by atoms with Crippen molar-refractivity contribution >= 4 is 11.9 Å². The van der Waals surface area contributed by atoms with Gasteiger partial charge in [-0.25, -0.2) is 4.79 Å². The van der Waals surface area contributed by atoms with E-state index in [1.54, 1.807) is 37.3 Å². The van der Waals surface area contributed by atoms with E-state index in [4.69, 9.17) is 4.74 Å². The highest BCUT2D eigenvalue weighted by Gasteiger charge is 2.44. The van der Waals surface area contributed by atoms with E-state index in [-0.39, 0.29) is 12.0 Å². The summed E-state index contributed by atoms with van der Waals surface area (Å²) in [5, 5.41) is 19.0. The van der Waals surface area contributed by atoms with Crippen molar-refractivity contribution in [2.75, 3.05) is 7.11 Å². The monoisotopic (exact) mass is 288 g/mol. The molecular weight excluding hydrogens is 272 g/mol. The summed E-state index contributed by atoms with van der Waals surface area (Å²) in [7, 11) is 1.46. The number of carboxylic acid groups (broad SMARTS) is 2. The molecule has 0 aromatic heterocycles. The van der Waals surface area contributed by atoms with Crippen LogP contribution in [-0.2, 0) is 15.0 Å². The van der Waals surface area contributed by atoms with Crippen LogP contribution in [0.2, 0.25) is 0 Å². The second-order valence-electron chi connectivity index (χ2n) is 5.02. The first-order valence-electron chi connectivity index (χ1n) is 6.41. The molecule has 0 saturated carbocycles. The van der Waals surface area contributed by atoms with Gasteiger partial charge in [-0.3, -0.25) is 4.79 Å². The van der Waals surface area contributed by atoms with Crippen LogP contribution in [0.25, 0.3) is 0 Å². The molecule has 0 bridgehead atoms. The van der Waals surface area contributed by atoms with Crippen molar-refractivity contribution in [1.29, 1.82) is 0 Å². The number of carbonyl (C=O) groups is 2. The Hall–Kier alpha value is -2.56. The van der Waals surface area contributed by atoms with Crippen LogP contribution in [-0.4, -0.2) is 29.3 Å². The molecule has 1 atom stereocenters. The Morgan fingerprint density at radius 2 is 1.90 bits per heavy atom. The van der Waals surface area contributed by atoms with Gasteiger partial charge in [0, 0.05) is 17.6 Å². The summed E-state index contributed by atoms with van der Waals surface area (Å²) in [5.74, 6) is -1.78. The molecule has 110 valence electrons. The maximum atomic E-state index is 11.9. The second kappa shape index (κ2) is 5.44. The zero-order chi connectivity index (χ0) is 15.6. The van der Waals surface area contributed by atoms with E-state index in [9.17, 15) is 19.8 Å². The van der Waals surface area contributed by atoms with E-state index in [1.165, 1.54) is 13.2 Å². The zero-order valence-electron chi connectivity index (χ0n) is 11.8. The summed E-state index contributed by atoms with van der Waals surface area (Å²) in [6.45, 7) is 1.69. The van der Waals surface area contributed by atoms with Crippen LogP contribution in [0.4, 0.5) is 0 Å². The fourth-order valence-electron chi connectivity index (χ4n) is 2.68. The first-order chi connectivity index (χ1) is 9.90. The standard InChI is InChI=1S/C16H16O5/c1-10-7-11(14(17)18)9-16(8-10,15(19)20)12-5-3-4-6-13(12)21-2/h3-8H,9H2,1-2H3,(H,17,18)(H,19,20). The fourth-order valence-corrected chi connectivity index (χ4v) is 2.68. The third kappa shape index (κ3) is 2.54. The van der Waals surface area contributed by atoms with Crippen molar-refractivity contribution in [2.45, 2.75) is 18.8 Å². The zero-order valence-corrected chi connectivity index (χ0v) is 11.8. The molecule has 21 heavy (non-hydrogen) atoms. The number of hydrogen-bond acceptors (Lipinski definition) is 3. The van der Waals surface area contributed by atoms with Gasteiger partial charge in [0.15, 0.2) is 0 Å². The molecule has 2 N–H and O–H groups in total. The topological polar surface area (TPSA) is 83.8 Å². The number of ether oxygens (including phenoxy) is 1. The summed E-state index contributed by atoms with van der Waals surface area (Å²) in [6.07, 6.45) is 2.97. The number of methoxy groups -OCH3 is 1. The average Bonchev–Trinajstić information content (AvgIpc) is 2.46. The predicted molar refractivity (Wildman–Crippen MR) is 76.4 cm³/mol. The molecule has 0 aliphatic heterocycles. The van der Waals surface area contributed by atoms with Gasteiger partial charge in [-0.2, -0.15) is 0 Å². The van der Waals surface area contributed by atoms with E-state index < -0.39 is 17.4 Å². The van der Waals surface area contributed by atoms with Crippen LogP contribution in [0.15, 0.2) is 47.6 Å². The molecule has 1 aromatic rings. The van der Waals surface area contributed by atoms with E-state index in [1.807, 2.05) is 0 Å². The van der Waals surface area contributed by atoms with Gasteiger partial charge in [0.05, 0.1) is 7.11 Å². The van der Waals surface area contributed by atoms with Crippen LogP contribution in [0.3, 0.4) is 0 Å². The van der Waals surface area contributed by atoms with Gasteiger partial charge in [0.1, 0.15) is 11.2 Å². The molecule has 2 rings (SSSR count). The minimum atomic E-state index is -1.43. The Kier molecular flexibility index (Phi) is 3.84. The van der Waals surface area contributed by atoms with Gasteiger partial charge in [-0.05, 0) is 19.1 Å². The van der Waals surface area contributed by atoms with Crippen molar-refractivity contribution in [1.82, 2.24) is 0 Å². The lowest BCUT2D eigenvalue weighted by atomic mass is 9.71. The maximum absolute atomic E-state index is 11.9. The summed E-state index contributed by atoms with van der Waals surface area (Å²) in [6, 6.07) is 6.78. The summed E-state index contributed by atoms with van der Waals surface area (Å²) in [5.41, 5.74) is -0.305. The quantitative estimate of drug-likeness (QED) is 0.888. The molecule has 0 amide bonds. The molecule has 0 saturated heterocycles. The summed E-state index contributed by atoms with van der Waals surface area (Å²) >= 11 is 0. The van der Waals surface area contributed by atoms with E-state index >= 15 is 0 Å². The minimum Gasteiger partial charge on any atom is -0.496 e. The molecule has 1 unspecified atom stereocenters. The van der Waals surface area contributed by atoms with Crippen molar-refractivity contribution < 1.29 is 24.5 Å². The maximum Gasteiger partial charge on any atom is 0.331 e. The minimum absolute atomic E-state index is 0.0725. The van der Waals surface area contributed by atoms with Crippen LogP contribution < -0.4 is 4.74 Å². The van der Waals surface area contributed by atoms with Crippen LogP contribution in [0.1, 0.15) is 18.9 Å². The van der Waals surface area contributed by atoms with Gasteiger partial charge in [0.2, 0.25) is 0 Å². The Morgan fingerprint density at radius 1 is 1.24 bits per heavy atom. The molecule has 1 aliphatic carbocycles. The van der Waals surface area contributed by atoms with E-state index in [0.29, 0.717) is 16.9 Å². The first kappa shape index (κ1) is 14.8. The SMILES string of the molecule is COc1ccccc1C1(C(=O)O)C=C(C)C=C(C(=O)O)C1. The third-order valence-electron chi connectivity index (χ3n) is 3.59. The first-order valence-corrected chi connectivity index (χ1v) is 6.41. The van der Waals surface area contributed by atoms with E-state index in [2.05, 4.69) is 0 Å². The summed E-state index contributed by atoms with van der Waals surface area (Å²) in [4.78, 5) is 23.2. The Morgan fingerprint density at radius 3 is 2.48 bits per heavy atom. The van der Waals surface area contributed by atoms with Crippen molar-refractivity contribution in [3.05, 3.63) is 53.1 Å². The van der Waals surface area contributed by atoms with Crippen LogP contribution >= 0.6 is 0 Å². The molecule has 1 aromatic carbocycles. The molecule has 5 nitrogen and oxygen atoms in total. The average molecular weight is 288 g/mol. The lowest BCUT2D eigenvalue weighted by molar-refractivity contribution is -0.142. The highest BCUT2D eigenvalue weighted by Crippen LogP contribution is 2.42. The molecule has 0 fully saturated rings. The summed E-state index contributed by atoms with van der Waals surface area (Å²) < 4.78 is 5.25. The fraction of sp³-hybridized carbons (Fsp3) is 0.250. The Balaban J connectivity index is 2.66. The number of hydrogen-bond donors (Lipinski definition) is 2. The highest BCUT2D eigenvalue weighted by molar-refractivity contribution is 5.93. The molecule has 0 radical (unpaired) electrons. The second-order valence-corrected chi connectivity index (χ2v) is 5.02. The van der Waals surface area contributed by atoms with Crippen LogP contribution in [0.5, 0.6) is 5.75 Å². The number of rotatable bonds is 4. The highest BCUT2D eigenvalue weighted by atomic mass is 16.5. The van der Waals surface area contributed by atoms with Gasteiger partial charge in [-0.15, -0.1) is 0 Å². The third-order valence-corrected chi connectivity index (χ3v) is 3.59. The van der Waals surface area contributed by atoms with Gasteiger partial charge < -0.3 is 14.9 Å². The van der Waals surface area contributed by atoms with Crippen molar-refractivity contribution in [3.63, 3.8) is 0 Å². The molecular formula is C16H16O5. The molecule has 0 spiro atoms. The predicted octanol–water partition coefficient (Wildman–Crippen LogP) is 2.38. The van der Waals surface area contributed by atoms with E-state index in [0.717, 1.165) is 0 Å². The van der Waals surface area contributed by atoms with Crippen molar-refractivity contribution in [3.8, 4) is 5.75 Å². The molecule has 0 heterocycles. The molecule has 1 aliphatic rings. The lowest BCUT2D eigenvalue weighted by Gasteiger charge is -2.31. The van der Waals surface area contributed by atoms with Gasteiger partial charge in [-0.1, -0.05) is 29.8 Å². The molecule has 5 heteroatoms. The van der Waals surface area contributed by atoms with Crippen molar-refractivity contribution in [2.24, 2.45) is 0 Å². The van der Waals surface area contributed by atoms with Gasteiger partial charge >= 0.3 is 11.9 Å². The number of benzene rings is 1. The van der Waals surface area contributed by atoms with Crippen LogP contribution in [0, 0.1) is 0 Å². The lowest BCUT2D eigenvalue weighted by Crippen LogP contribution is -2.37. The normalized spacial score (nSPS) is 21.2. The Bertz CT molecular complexity index is 656. The largest absolute Gasteiger partial charge is 0.496 e.